The van der Waals surface area contributed by atoms with Gasteiger partial charge in [0, 0.05) is 28.7 Å². The fraction of sp³-hybridized carbons (Fsp3) is 0.0909. The molecule has 2 N–H and O–H groups in total. The van der Waals surface area contributed by atoms with E-state index in [2.05, 4.69) is 15.3 Å². The van der Waals surface area contributed by atoms with E-state index in [-0.39, 0.29) is 5.91 Å². The van der Waals surface area contributed by atoms with Crippen molar-refractivity contribution in [1.29, 1.82) is 0 Å². The van der Waals surface area contributed by atoms with Gasteiger partial charge in [0.15, 0.2) is 11.5 Å². The number of rotatable bonds is 6. The number of H-pyrrole nitrogens is 1. The van der Waals surface area contributed by atoms with E-state index in [9.17, 15) is 4.79 Å². The van der Waals surface area contributed by atoms with Gasteiger partial charge in [0.1, 0.15) is 5.75 Å². The average Bonchev–Trinajstić information content (AvgIpc) is 3.24. The van der Waals surface area contributed by atoms with Crippen LogP contribution in [-0.4, -0.2) is 30.1 Å². The molecule has 7 nitrogen and oxygen atoms in total. The van der Waals surface area contributed by atoms with E-state index in [4.69, 9.17) is 14.2 Å². The lowest BCUT2D eigenvalue weighted by Gasteiger charge is -2.10. The molecule has 146 valence electrons. The highest BCUT2D eigenvalue weighted by Crippen LogP contribution is 2.29. The lowest BCUT2D eigenvalue weighted by atomic mass is 10.2. The number of aromatic nitrogens is 2. The van der Waals surface area contributed by atoms with E-state index < -0.39 is 0 Å². The third-order valence-electron chi connectivity index (χ3n) is 4.41. The second-order valence-electron chi connectivity index (χ2n) is 6.21. The summed E-state index contributed by atoms with van der Waals surface area (Å²) in [4.78, 5) is 19.9. The molecule has 2 aromatic carbocycles. The summed E-state index contributed by atoms with van der Waals surface area (Å²) in [7, 11) is 3.07. The topological polar surface area (TPSA) is 85.5 Å². The summed E-state index contributed by atoms with van der Waals surface area (Å²) in [6, 6.07) is 16.1. The van der Waals surface area contributed by atoms with Gasteiger partial charge in [-0.2, -0.15) is 0 Å². The van der Waals surface area contributed by atoms with Crippen molar-refractivity contribution < 1.29 is 19.0 Å². The fourth-order valence-electron chi connectivity index (χ4n) is 2.95. The number of methoxy groups -OCH3 is 2. The van der Waals surface area contributed by atoms with Gasteiger partial charge in [0.05, 0.1) is 26.1 Å². The maximum atomic E-state index is 12.5. The first-order chi connectivity index (χ1) is 14.2. The Morgan fingerprint density at radius 2 is 1.83 bits per heavy atom. The first-order valence-electron chi connectivity index (χ1n) is 8.91. The summed E-state index contributed by atoms with van der Waals surface area (Å²) in [5.74, 6) is 1.91. The van der Waals surface area contributed by atoms with Crippen LogP contribution in [0, 0.1) is 0 Å². The maximum absolute atomic E-state index is 12.5. The number of anilines is 1. The summed E-state index contributed by atoms with van der Waals surface area (Å²) in [5, 5.41) is 3.78. The zero-order valence-corrected chi connectivity index (χ0v) is 15.9. The van der Waals surface area contributed by atoms with Gasteiger partial charge in [0.2, 0.25) is 5.88 Å². The SMILES string of the molecule is COc1ccc(C(=O)Nc2ccc(Oc3cccc4[nH]ccc34)nc2)cc1OC. The van der Waals surface area contributed by atoms with E-state index in [0.29, 0.717) is 34.4 Å². The molecule has 0 fully saturated rings. The van der Waals surface area contributed by atoms with Crippen LogP contribution in [0.2, 0.25) is 0 Å². The van der Waals surface area contributed by atoms with Crippen molar-refractivity contribution in [3.05, 3.63) is 72.6 Å². The molecule has 0 unspecified atom stereocenters. The van der Waals surface area contributed by atoms with Crippen LogP contribution in [0.5, 0.6) is 23.1 Å². The van der Waals surface area contributed by atoms with Gasteiger partial charge in [-0.05, 0) is 42.5 Å². The Balaban J connectivity index is 1.47. The minimum absolute atomic E-state index is 0.279. The van der Waals surface area contributed by atoms with E-state index in [1.54, 1.807) is 43.6 Å². The predicted octanol–water partition coefficient (Wildman–Crippen LogP) is 4.62. The third-order valence-corrected chi connectivity index (χ3v) is 4.41. The molecular weight excluding hydrogens is 370 g/mol. The first-order valence-corrected chi connectivity index (χ1v) is 8.91. The van der Waals surface area contributed by atoms with Crippen molar-refractivity contribution in [2.24, 2.45) is 0 Å². The molecule has 0 aliphatic heterocycles. The number of benzene rings is 2. The Morgan fingerprint density at radius 1 is 0.966 bits per heavy atom. The number of ether oxygens (including phenoxy) is 3. The quantitative estimate of drug-likeness (QED) is 0.502. The van der Waals surface area contributed by atoms with Gasteiger partial charge >= 0.3 is 0 Å². The molecule has 1 amide bonds. The van der Waals surface area contributed by atoms with Crippen molar-refractivity contribution in [2.75, 3.05) is 19.5 Å². The second kappa shape index (κ2) is 7.93. The molecule has 0 bridgehead atoms. The summed E-state index contributed by atoms with van der Waals surface area (Å²) in [6.45, 7) is 0. The number of amides is 1. The van der Waals surface area contributed by atoms with E-state index in [1.807, 2.05) is 30.5 Å². The van der Waals surface area contributed by atoms with E-state index in [1.165, 1.54) is 7.11 Å². The molecule has 4 aromatic rings. The van der Waals surface area contributed by atoms with Gasteiger partial charge in [-0.3, -0.25) is 4.79 Å². The van der Waals surface area contributed by atoms with Crippen LogP contribution >= 0.6 is 0 Å². The first kappa shape index (κ1) is 18.4. The molecule has 7 heteroatoms. The second-order valence-corrected chi connectivity index (χ2v) is 6.21. The molecular formula is C22H19N3O4. The molecule has 0 aliphatic carbocycles. The van der Waals surface area contributed by atoms with Crippen molar-refractivity contribution in [2.45, 2.75) is 0 Å². The Morgan fingerprint density at radius 3 is 2.59 bits per heavy atom. The third kappa shape index (κ3) is 3.84. The Labute approximate surface area is 167 Å². The number of hydrogen-bond acceptors (Lipinski definition) is 5. The van der Waals surface area contributed by atoms with Crippen LogP contribution in [0.4, 0.5) is 5.69 Å². The standard InChI is InChI=1S/C22H19N3O4/c1-27-19-8-6-14(12-20(19)28-2)22(26)25-15-7-9-21(24-13-15)29-18-5-3-4-17-16(18)10-11-23-17/h3-13,23H,1-2H3,(H,25,26). The average molecular weight is 389 g/mol. The van der Waals surface area contributed by atoms with E-state index >= 15 is 0 Å². The van der Waals surface area contributed by atoms with Crippen LogP contribution < -0.4 is 19.5 Å². The molecule has 0 aliphatic rings. The summed E-state index contributed by atoms with van der Waals surface area (Å²) < 4.78 is 16.3. The van der Waals surface area contributed by atoms with Crippen molar-refractivity contribution in [1.82, 2.24) is 9.97 Å². The lowest BCUT2D eigenvalue weighted by Crippen LogP contribution is -2.12. The van der Waals surface area contributed by atoms with Crippen molar-refractivity contribution >= 4 is 22.5 Å². The van der Waals surface area contributed by atoms with Crippen LogP contribution in [0.15, 0.2) is 67.0 Å². The van der Waals surface area contributed by atoms with Gasteiger partial charge in [-0.25, -0.2) is 4.98 Å². The molecule has 2 heterocycles. The highest BCUT2D eigenvalue weighted by Gasteiger charge is 2.12. The zero-order chi connectivity index (χ0) is 20.2. The minimum atomic E-state index is -0.279. The van der Waals surface area contributed by atoms with Gasteiger partial charge in [-0.1, -0.05) is 6.07 Å². The van der Waals surface area contributed by atoms with Crippen molar-refractivity contribution in [3.8, 4) is 23.1 Å². The normalized spacial score (nSPS) is 10.6. The highest BCUT2D eigenvalue weighted by molar-refractivity contribution is 6.04. The number of nitrogens with one attached hydrogen (secondary N) is 2. The number of carbonyl (C=O) groups is 1. The lowest BCUT2D eigenvalue weighted by molar-refractivity contribution is 0.102. The summed E-state index contributed by atoms with van der Waals surface area (Å²) >= 11 is 0. The highest BCUT2D eigenvalue weighted by atomic mass is 16.5. The minimum Gasteiger partial charge on any atom is -0.493 e. The van der Waals surface area contributed by atoms with E-state index in [0.717, 1.165) is 10.9 Å². The number of fused-ring (bicyclic) bond motifs is 1. The molecule has 0 saturated carbocycles. The van der Waals surface area contributed by atoms with Crippen LogP contribution in [0.1, 0.15) is 10.4 Å². The molecule has 4 rings (SSSR count). The number of pyridine rings is 1. The molecule has 2 aromatic heterocycles. The number of nitrogens with zero attached hydrogens (tertiary/aromatic N) is 1. The number of hydrogen-bond donors (Lipinski definition) is 2. The fourth-order valence-corrected chi connectivity index (χ4v) is 2.95. The van der Waals surface area contributed by atoms with Gasteiger partial charge in [0.25, 0.3) is 5.91 Å². The van der Waals surface area contributed by atoms with Crippen LogP contribution in [0.25, 0.3) is 10.9 Å². The van der Waals surface area contributed by atoms with Crippen molar-refractivity contribution in [3.63, 3.8) is 0 Å². The number of carbonyl (C=O) groups excluding carboxylic acids is 1. The zero-order valence-electron chi connectivity index (χ0n) is 15.9. The molecule has 0 radical (unpaired) electrons. The Bertz CT molecular complexity index is 1150. The Kier molecular flexibility index (Phi) is 5.03. The number of aromatic amines is 1. The summed E-state index contributed by atoms with van der Waals surface area (Å²) in [5.41, 5.74) is 1.99. The molecule has 0 saturated heterocycles. The van der Waals surface area contributed by atoms with Crippen LogP contribution in [0.3, 0.4) is 0 Å². The molecule has 0 atom stereocenters. The largest absolute Gasteiger partial charge is 0.493 e. The smallest absolute Gasteiger partial charge is 0.255 e. The monoisotopic (exact) mass is 389 g/mol. The van der Waals surface area contributed by atoms with Gasteiger partial charge in [-0.15, -0.1) is 0 Å². The summed E-state index contributed by atoms with van der Waals surface area (Å²) in [6.07, 6.45) is 3.41. The van der Waals surface area contributed by atoms with Gasteiger partial charge < -0.3 is 24.5 Å². The van der Waals surface area contributed by atoms with Crippen LogP contribution in [-0.2, 0) is 0 Å². The predicted molar refractivity (Wildman–Crippen MR) is 110 cm³/mol. The molecule has 0 spiro atoms. The maximum Gasteiger partial charge on any atom is 0.255 e. The molecule has 29 heavy (non-hydrogen) atoms. The Hall–Kier alpha value is -4.00.